The largest absolute Gasteiger partial charge is 0.619 e. The molecule has 6 aromatic heterocycles. The van der Waals surface area contributed by atoms with E-state index in [-0.39, 0.29) is 18.1 Å². The molecule has 0 radical (unpaired) electrons. The van der Waals surface area contributed by atoms with E-state index in [9.17, 15) is 14.8 Å². The molecule has 0 saturated heterocycles. The summed E-state index contributed by atoms with van der Waals surface area (Å²) in [6, 6.07) is 72.8. The molecule has 11 aromatic rings. The van der Waals surface area contributed by atoms with E-state index in [0.717, 1.165) is 102 Å². The number of aliphatic carboxylic acids is 1. The number of rotatable bonds is 32. The quantitative estimate of drug-likeness (QED) is 0.0302. The van der Waals surface area contributed by atoms with Crippen molar-refractivity contribution in [3.8, 4) is 0 Å². The summed E-state index contributed by atoms with van der Waals surface area (Å²) in [6.07, 6.45) is 26.2. The van der Waals surface area contributed by atoms with Gasteiger partial charge < -0.3 is 20.4 Å². The number of pyridine rings is 4. The maximum absolute atomic E-state index is 11.0. The number of methoxy groups -OCH3 is 1. The van der Waals surface area contributed by atoms with E-state index < -0.39 is 5.97 Å². The lowest BCUT2D eigenvalue weighted by atomic mass is 9.75. The first kappa shape index (κ1) is 135. The van der Waals surface area contributed by atoms with Crippen LogP contribution >= 0.6 is 11.3 Å². The van der Waals surface area contributed by atoms with Crippen molar-refractivity contribution in [1.82, 2.24) is 40.5 Å². The van der Waals surface area contributed by atoms with Gasteiger partial charge in [-0.25, -0.2) is 4.68 Å². The van der Waals surface area contributed by atoms with Crippen LogP contribution in [0, 0.1) is 99.9 Å². The van der Waals surface area contributed by atoms with Crippen LogP contribution in [0.3, 0.4) is 0 Å². The predicted molar refractivity (Wildman–Crippen MR) is 611 cm³/mol. The highest BCUT2D eigenvalue weighted by atomic mass is 32.1. The van der Waals surface area contributed by atoms with Crippen molar-refractivity contribution in [2.24, 2.45) is 94.7 Å². The van der Waals surface area contributed by atoms with E-state index >= 15 is 0 Å². The molecule has 15 heteroatoms. The fourth-order valence-electron chi connectivity index (χ4n) is 13.0. The number of nitrogens with zero attached hydrogens (tertiary/aromatic N) is 8. The van der Waals surface area contributed by atoms with Crippen LogP contribution in [0.2, 0.25) is 0 Å². The van der Waals surface area contributed by atoms with Crippen molar-refractivity contribution < 1.29 is 24.2 Å². The van der Waals surface area contributed by atoms with Crippen LogP contribution in [0.5, 0.6) is 0 Å². The van der Waals surface area contributed by atoms with Gasteiger partial charge in [0.2, 0.25) is 5.91 Å². The van der Waals surface area contributed by atoms with Gasteiger partial charge in [0.1, 0.15) is 6.33 Å². The lowest BCUT2D eigenvalue weighted by Gasteiger charge is -2.29. The number of thiophene rings is 1. The van der Waals surface area contributed by atoms with Gasteiger partial charge in [0.25, 0.3) is 0 Å². The van der Waals surface area contributed by atoms with Crippen molar-refractivity contribution in [2.45, 2.75) is 350 Å². The molecule has 1 amide bonds. The topological polar surface area (TPSA) is 185 Å². The van der Waals surface area contributed by atoms with Crippen LogP contribution < -0.4 is 10.0 Å². The van der Waals surface area contributed by atoms with Crippen LogP contribution in [0.4, 0.5) is 0 Å². The molecule has 5 aromatic carbocycles. The lowest BCUT2D eigenvalue weighted by Crippen LogP contribution is -2.29. The molecule has 0 bridgehead atoms. The minimum atomic E-state index is -0.696. The number of aromatic nitrogens is 8. The monoisotopic (exact) mass is 1950 g/mol. The van der Waals surface area contributed by atoms with Gasteiger partial charge in [-0.2, -0.15) is 16.1 Å². The Labute approximate surface area is 867 Å². The van der Waals surface area contributed by atoms with Crippen LogP contribution in [-0.4, -0.2) is 59.3 Å². The summed E-state index contributed by atoms with van der Waals surface area (Å²) in [5.41, 5.74) is 13.7. The zero-order chi connectivity index (χ0) is 107. The first-order valence-corrected chi connectivity index (χ1v) is 53.7. The van der Waals surface area contributed by atoms with Crippen molar-refractivity contribution in [2.75, 3.05) is 7.11 Å². The molecule has 2 N–H and O–H groups in total. The second-order valence-electron chi connectivity index (χ2n) is 43.6. The third kappa shape index (κ3) is 80.3. The molecule has 3 atom stereocenters. The molecule has 11 rings (SSSR count). The number of carbonyl (C=O) groups is 2. The average Bonchev–Trinajstić information content (AvgIpc) is 1.13. The second-order valence-corrected chi connectivity index (χ2v) is 44.4. The molecule has 6 heterocycles. The van der Waals surface area contributed by atoms with E-state index in [1.54, 1.807) is 36.4 Å². The smallest absolute Gasteiger partial charge is 0.303 e. The molecular weight excluding hydrogens is 1750 g/mol. The van der Waals surface area contributed by atoms with Crippen molar-refractivity contribution >= 4 is 23.2 Å². The van der Waals surface area contributed by atoms with Gasteiger partial charge in [0.15, 0.2) is 12.4 Å². The van der Waals surface area contributed by atoms with Crippen molar-refractivity contribution in [3.05, 3.63) is 334 Å². The Morgan fingerprint density at radius 3 is 1.21 bits per heavy atom. The number of aryl methyl sites for hydroxylation is 1. The fourth-order valence-corrected chi connectivity index (χ4v) is 13.6. The summed E-state index contributed by atoms with van der Waals surface area (Å²) in [6.45, 7) is 79.9. The van der Waals surface area contributed by atoms with Crippen LogP contribution in [0.1, 0.15) is 355 Å². The number of hydrogen-bond acceptors (Lipinski definition) is 11. The molecule has 786 valence electrons. The summed E-state index contributed by atoms with van der Waals surface area (Å²) < 4.78 is 7.93. The summed E-state index contributed by atoms with van der Waals surface area (Å²) in [7, 11) is 1.76. The number of carboxylic acid groups (broad SMARTS) is 1. The second kappa shape index (κ2) is 83.6. The highest BCUT2D eigenvalue weighted by Crippen LogP contribution is 2.31. The van der Waals surface area contributed by atoms with Gasteiger partial charge in [-0.1, -0.05) is 419 Å². The standard InChI is InChI=1S/C12H17NO.C12H18.C11H16O.2C11H16.C9H13NO.3C9H13N.C8H12S.C8H18.C6H12O2.C6H14.C5H10N4/c1-9(2)12(13-10(3)14)11-7-5-4-6-8-11;1-10(2)12(3,4)11-8-6-5-7-9-11;1-9(2)11(12-3)10-7-5-4-6-8-10;1-9(2)10(3)11-7-5-4-6-8-11;1-10(2)8-9-11-6-4-3-5-7-11;1-8(2)7-9-3-5-10(11)6-4-9;1-8(2)7-9-3-5-10-6-4-9;1-8(2)6-9-4-3-5-10-7-9;1-8(2)7-9-5-3-4-6-10-9;1-7(2)5-8-3-4-9-6-8;1-7(2)5-6-8(3)4;1-5(2)3-4-6(7)8;1-5(2)6(3)4;1-5(2)3-9-4-6-7-8-9/h4-9,12H,1-3H3,(H,13,14);5-10H,1-4H3;4-9,11H,1-3H3;4-10H,1-3H3;3-7,10H,8-9H2,1-2H3;3-6,8H,7H2,1-2H3;3-6,8H,7H2,1-2H3;3-5,7-8H,6H2,1-2H3;3-6,8H,7H2,1-2H3;3-4,6-7H,5H2,1-2H3;7-8H,5-6H2,1-4H3;5H,3-4H2,1-2H3,(H,7,8);5-6H,1-4H3;4-5H,3H2,1-2H3. The number of ether oxygens (including phenoxy) is 1. The Morgan fingerprint density at radius 1 is 0.418 bits per heavy atom. The molecular formula is C126H201N9O5S. The highest BCUT2D eigenvalue weighted by Gasteiger charge is 2.24. The van der Waals surface area contributed by atoms with Gasteiger partial charge >= 0.3 is 5.97 Å². The number of amides is 1. The molecule has 0 spiro atoms. The average molecular weight is 1950 g/mol. The Hall–Kier alpha value is -9.83. The van der Waals surface area contributed by atoms with Gasteiger partial charge in [0.05, 0.1) is 12.1 Å². The summed E-state index contributed by atoms with van der Waals surface area (Å²) in [5.74, 6) is 11.4. The highest BCUT2D eigenvalue weighted by molar-refractivity contribution is 7.08. The van der Waals surface area contributed by atoms with Crippen molar-refractivity contribution in [1.29, 1.82) is 0 Å². The van der Waals surface area contributed by atoms with Crippen LogP contribution in [0.25, 0.3) is 0 Å². The van der Waals surface area contributed by atoms with E-state index in [2.05, 4.69) is 408 Å². The molecule has 0 aliphatic carbocycles. The Kier molecular flexibility index (Phi) is 80.2. The number of hydrogen-bond donors (Lipinski definition) is 2. The minimum Gasteiger partial charge on any atom is -0.619 e. The summed E-state index contributed by atoms with van der Waals surface area (Å²) >= 11 is 1.78. The Balaban J connectivity index is -0.00000146. The number of tetrazole rings is 1. The van der Waals surface area contributed by atoms with E-state index in [1.807, 2.05) is 124 Å². The number of nitrogens with one attached hydrogen (secondary N) is 1. The Bertz CT molecular complexity index is 4370. The maximum Gasteiger partial charge on any atom is 0.303 e. The van der Waals surface area contributed by atoms with Gasteiger partial charge in [-0.15, -0.1) is 5.10 Å². The lowest BCUT2D eigenvalue weighted by molar-refractivity contribution is -0.605. The molecule has 0 aliphatic heterocycles. The molecule has 141 heavy (non-hydrogen) atoms. The summed E-state index contributed by atoms with van der Waals surface area (Å²) in [5, 5.41) is 36.8. The molecule has 14 nitrogen and oxygen atoms in total. The predicted octanol–water partition coefficient (Wildman–Crippen LogP) is 34.4. The summed E-state index contributed by atoms with van der Waals surface area (Å²) in [4.78, 5) is 33.1. The minimum absolute atomic E-state index is 0.0209. The first-order valence-electron chi connectivity index (χ1n) is 52.8. The van der Waals surface area contributed by atoms with Gasteiger partial charge in [-0.05, 0) is 265 Å². The van der Waals surface area contributed by atoms with Gasteiger partial charge in [-0.3, -0.25) is 24.5 Å². The van der Waals surface area contributed by atoms with E-state index in [1.165, 1.54) is 94.7 Å². The van der Waals surface area contributed by atoms with Gasteiger partial charge in [0, 0.05) is 75.8 Å². The fraction of sp³-hybridized carbons (Fsp3) is 0.548. The third-order valence-electron chi connectivity index (χ3n) is 22.7. The van der Waals surface area contributed by atoms with Crippen LogP contribution in [-0.2, 0) is 64.8 Å². The Morgan fingerprint density at radius 2 is 0.851 bits per heavy atom. The van der Waals surface area contributed by atoms with E-state index in [4.69, 9.17) is 9.84 Å². The maximum atomic E-state index is 11.0. The van der Waals surface area contributed by atoms with E-state index in [0.29, 0.717) is 59.2 Å². The number of carboxylic acids is 1. The first-order chi connectivity index (χ1) is 66.4. The third-order valence-corrected chi connectivity index (χ3v) is 23.4. The van der Waals surface area contributed by atoms with Crippen molar-refractivity contribution in [3.63, 3.8) is 0 Å². The number of carbonyl (C=O) groups excluding carboxylic acids is 1. The number of benzene rings is 5. The normalized spacial score (nSPS) is 11.3. The molecule has 0 aliphatic rings. The SMILES string of the molecule is CC(=O)NC(c1ccccc1)C(C)C.CC(C)C(C)(C)c1ccccc1.CC(C)C(C)C.CC(C)C(C)c1ccccc1.CC(C)CCC(=O)O.CC(C)CCC(C)C.CC(C)CCc1ccccc1.CC(C)Cc1cc[n+]([O-])cc1.CC(C)Cc1ccccn1.CC(C)Cc1cccnc1.CC(C)Cc1ccncc1.CC(C)Cc1ccsc1.CC(C)Cn1cnnn1.COC(c1ccccc1)C(C)C. The molecule has 0 saturated carbocycles. The molecule has 0 fully saturated rings. The van der Waals surface area contributed by atoms with Crippen LogP contribution in [0.15, 0.2) is 273 Å². The zero-order valence-corrected chi connectivity index (χ0v) is 96.3. The zero-order valence-electron chi connectivity index (χ0n) is 95.5. The molecule has 3 unspecified atom stereocenters.